The normalized spacial score (nSPS) is 28.3. The summed E-state index contributed by atoms with van der Waals surface area (Å²) in [6.45, 7) is 2.29. The average Bonchev–Trinajstić information content (AvgIpc) is 3.29. The summed E-state index contributed by atoms with van der Waals surface area (Å²) in [6.07, 6.45) is 4.63. The lowest BCUT2D eigenvalue weighted by Gasteiger charge is -2.37. The van der Waals surface area contributed by atoms with Crippen molar-refractivity contribution < 1.29 is 9.32 Å². The molecule has 130 valence electrons. The van der Waals surface area contributed by atoms with Crippen molar-refractivity contribution in [2.75, 3.05) is 19.6 Å². The third-order valence-corrected chi connectivity index (χ3v) is 5.97. The van der Waals surface area contributed by atoms with Gasteiger partial charge in [-0.3, -0.25) is 9.69 Å². The number of hydrogen-bond donors (Lipinski definition) is 0. The highest BCUT2D eigenvalue weighted by Gasteiger charge is 2.49. The summed E-state index contributed by atoms with van der Waals surface area (Å²) in [5.74, 6) is 2.07. The Bertz CT molecular complexity index is 771. The highest BCUT2D eigenvalue weighted by molar-refractivity contribution is 5.79. The summed E-state index contributed by atoms with van der Waals surface area (Å²) in [5, 5.41) is 4.18. The Hall–Kier alpha value is -2.21. The lowest BCUT2D eigenvalue weighted by Crippen LogP contribution is -2.49. The van der Waals surface area contributed by atoms with Gasteiger partial charge in [0, 0.05) is 24.7 Å². The topological polar surface area (TPSA) is 62.5 Å². The molecule has 0 N–H and O–H groups in total. The molecule has 1 aromatic heterocycles. The fourth-order valence-electron chi connectivity index (χ4n) is 4.53. The third kappa shape index (κ3) is 2.56. The van der Waals surface area contributed by atoms with E-state index < -0.39 is 0 Å². The number of carbonyl (C=O) groups excluding carboxylic acids is 1. The van der Waals surface area contributed by atoms with E-state index in [4.69, 9.17) is 4.52 Å². The van der Waals surface area contributed by atoms with Gasteiger partial charge in [0.25, 0.3) is 0 Å². The summed E-state index contributed by atoms with van der Waals surface area (Å²) in [5.41, 5.74) is 0.962. The monoisotopic (exact) mass is 338 g/mol. The number of piperidine rings is 1. The van der Waals surface area contributed by atoms with E-state index in [1.54, 1.807) is 0 Å². The molecule has 3 fully saturated rings. The maximum atomic E-state index is 12.5. The van der Waals surface area contributed by atoms with Crippen molar-refractivity contribution in [2.24, 2.45) is 5.92 Å². The smallest absolute Gasteiger partial charge is 0.244 e. The van der Waals surface area contributed by atoms with E-state index in [9.17, 15) is 4.79 Å². The number of hydrogen-bond acceptors (Lipinski definition) is 5. The zero-order valence-electron chi connectivity index (χ0n) is 14.2. The Morgan fingerprint density at radius 3 is 2.80 bits per heavy atom. The van der Waals surface area contributed by atoms with Gasteiger partial charge in [-0.1, -0.05) is 35.5 Å². The van der Waals surface area contributed by atoms with Crippen LogP contribution in [0.5, 0.6) is 0 Å². The van der Waals surface area contributed by atoms with Crippen molar-refractivity contribution in [3.05, 3.63) is 36.2 Å². The number of rotatable bonds is 4. The Kier molecular flexibility index (Phi) is 3.59. The molecule has 5 rings (SSSR count). The van der Waals surface area contributed by atoms with Crippen LogP contribution in [-0.4, -0.2) is 51.5 Å². The van der Waals surface area contributed by atoms with Crippen LogP contribution < -0.4 is 0 Å². The second kappa shape index (κ2) is 5.95. The summed E-state index contributed by atoms with van der Waals surface area (Å²) in [4.78, 5) is 21.4. The third-order valence-electron chi connectivity index (χ3n) is 5.97. The van der Waals surface area contributed by atoms with Crippen LogP contribution in [0.3, 0.4) is 0 Å². The first-order chi connectivity index (χ1) is 12.3. The molecule has 3 aliphatic rings. The zero-order chi connectivity index (χ0) is 16.8. The van der Waals surface area contributed by atoms with Gasteiger partial charge in [-0.05, 0) is 31.6 Å². The van der Waals surface area contributed by atoms with Crippen molar-refractivity contribution in [2.45, 2.75) is 37.8 Å². The van der Waals surface area contributed by atoms with E-state index in [2.05, 4.69) is 15.0 Å². The van der Waals surface area contributed by atoms with E-state index in [0.29, 0.717) is 30.2 Å². The first kappa shape index (κ1) is 15.1. The van der Waals surface area contributed by atoms with E-state index in [1.165, 1.54) is 12.8 Å². The second-order valence-electron chi connectivity index (χ2n) is 7.40. The molecule has 1 saturated carbocycles. The minimum atomic E-state index is 0.0916. The molecule has 0 radical (unpaired) electrons. The number of fused-ring (bicyclic) bond motifs is 2. The first-order valence-electron chi connectivity index (χ1n) is 9.22. The highest BCUT2D eigenvalue weighted by Crippen LogP contribution is 2.49. The molecule has 1 aliphatic carbocycles. The van der Waals surface area contributed by atoms with Crippen LogP contribution in [0.2, 0.25) is 0 Å². The molecule has 1 aromatic carbocycles. The summed E-state index contributed by atoms with van der Waals surface area (Å²) in [6, 6.07) is 10.5. The standard InChI is InChI=1S/C19H22N4O2/c24-16(22-9-4-10-22)12-23-15-8-7-14(11-15)17(23)19-20-18(21-25-19)13-5-2-1-3-6-13/h1-3,5-6,14-15,17H,4,7-12H2/t14-,15+,17-/m0/s1. The number of aromatic nitrogens is 2. The van der Waals surface area contributed by atoms with Gasteiger partial charge in [0.1, 0.15) is 0 Å². The van der Waals surface area contributed by atoms with Crippen LogP contribution in [0.15, 0.2) is 34.9 Å². The van der Waals surface area contributed by atoms with Gasteiger partial charge in [-0.15, -0.1) is 0 Å². The van der Waals surface area contributed by atoms with Gasteiger partial charge in [0.05, 0.1) is 12.6 Å². The minimum absolute atomic E-state index is 0.0916. The Labute approximate surface area is 146 Å². The van der Waals surface area contributed by atoms with Crippen LogP contribution in [0.25, 0.3) is 11.4 Å². The van der Waals surface area contributed by atoms with Crippen molar-refractivity contribution in [3.8, 4) is 11.4 Å². The molecular formula is C19H22N4O2. The van der Waals surface area contributed by atoms with Gasteiger partial charge in [-0.2, -0.15) is 4.98 Å². The van der Waals surface area contributed by atoms with Crippen LogP contribution in [0.4, 0.5) is 0 Å². The van der Waals surface area contributed by atoms with E-state index in [0.717, 1.165) is 31.5 Å². The van der Waals surface area contributed by atoms with Crippen molar-refractivity contribution >= 4 is 5.91 Å². The predicted molar refractivity (Wildman–Crippen MR) is 91.5 cm³/mol. The Balaban J connectivity index is 1.39. The number of benzene rings is 1. The fraction of sp³-hybridized carbons (Fsp3) is 0.526. The molecule has 0 unspecified atom stereocenters. The van der Waals surface area contributed by atoms with Crippen LogP contribution >= 0.6 is 0 Å². The summed E-state index contributed by atoms with van der Waals surface area (Å²) < 4.78 is 5.64. The molecule has 1 amide bonds. The highest BCUT2D eigenvalue weighted by atomic mass is 16.5. The van der Waals surface area contributed by atoms with Crippen LogP contribution in [0.1, 0.15) is 37.6 Å². The lowest BCUT2D eigenvalue weighted by atomic mass is 9.98. The van der Waals surface area contributed by atoms with Gasteiger partial charge in [-0.25, -0.2) is 0 Å². The molecule has 25 heavy (non-hydrogen) atoms. The maximum absolute atomic E-state index is 12.5. The number of amides is 1. The number of carbonyl (C=O) groups is 1. The summed E-state index contributed by atoms with van der Waals surface area (Å²) in [7, 11) is 0. The molecule has 0 spiro atoms. The fourth-order valence-corrected chi connectivity index (χ4v) is 4.53. The molecule has 3 atom stereocenters. The van der Waals surface area contributed by atoms with E-state index in [1.807, 2.05) is 35.2 Å². The molecule has 2 aliphatic heterocycles. The zero-order valence-corrected chi connectivity index (χ0v) is 14.2. The van der Waals surface area contributed by atoms with E-state index >= 15 is 0 Å². The van der Waals surface area contributed by atoms with Gasteiger partial charge < -0.3 is 9.42 Å². The number of likely N-dealkylation sites (tertiary alicyclic amines) is 2. The molecule has 6 nitrogen and oxygen atoms in total. The minimum Gasteiger partial charge on any atom is -0.341 e. The number of nitrogens with zero attached hydrogens (tertiary/aromatic N) is 4. The van der Waals surface area contributed by atoms with Gasteiger partial charge in [0.2, 0.25) is 17.6 Å². The Morgan fingerprint density at radius 2 is 2.04 bits per heavy atom. The van der Waals surface area contributed by atoms with Crippen LogP contribution in [0, 0.1) is 5.92 Å². The molecular weight excluding hydrogens is 316 g/mol. The molecule has 2 bridgehead atoms. The van der Waals surface area contributed by atoms with Crippen molar-refractivity contribution in [1.82, 2.24) is 19.9 Å². The average molecular weight is 338 g/mol. The van der Waals surface area contributed by atoms with E-state index in [-0.39, 0.29) is 11.9 Å². The van der Waals surface area contributed by atoms with Crippen molar-refractivity contribution in [3.63, 3.8) is 0 Å². The molecule has 6 heteroatoms. The summed E-state index contributed by atoms with van der Waals surface area (Å²) >= 11 is 0. The van der Waals surface area contributed by atoms with Gasteiger partial charge >= 0.3 is 0 Å². The largest absolute Gasteiger partial charge is 0.341 e. The SMILES string of the molecule is O=C(CN1[C@@H]2CC[C@@H](C2)[C@H]1c1nc(-c2ccccc2)no1)N1CCC1. The van der Waals surface area contributed by atoms with Crippen LogP contribution in [-0.2, 0) is 4.79 Å². The molecule has 2 aromatic rings. The molecule has 2 saturated heterocycles. The quantitative estimate of drug-likeness (QED) is 0.857. The predicted octanol–water partition coefficient (Wildman–Crippen LogP) is 2.49. The second-order valence-corrected chi connectivity index (χ2v) is 7.40. The van der Waals surface area contributed by atoms with Gasteiger partial charge in [0.15, 0.2) is 0 Å². The lowest BCUT2D eigenvalue weighted by molar-refractivity contribution is -0.137. The first-order valence-corrected chi connectivity index (χ1v) is 9.22. The molecule has 3 heterocycles. The van der Waals surface area contributed by atoms with Crippen molar-refractivity contribution in [1.29, 1.82) is 0 Å². The Morgan fingerprint density at radius 1 is 1.20 bits per heavy atom. The maximum Gasteiger partial charge on any atom is 0.244 e.